The molecule has 1 heterocycles. The van der Waals surface area contributed by atoms with Crippen molar-refractivity contribution >= 4 is 23.1 Å². The molecule has 0 aliphatic heterocycles. The van der Waals surface area contributed by atoms with E-state index in [0.717, 1.165) is 18.3 Å². The van der Waals surface area contributed by atoms with Crippen molar-refractivity contribution in [2.75, 3.05) is 5.32 Å². The molecule has 0 saturated carbocycles. The van der Waals surface area contributed by atoms with E-state index < -0.39 is 4.92 Å². The van der Waals surface area contributed by atoms with Crippen LogP contribution in [0.5, 0.6) is 0 Å². The van der Waals surface area contributed by atoms with Gasteiger partial charge >= 0.3 is 0 Å². The third-order valence-electron chi connectivity index (χ3n) is 3.56. The first-order valence-corrected chi connectivity index (χ1v) is 7.63. The van der Waals surface area contributed by atoms with E-state index in [1.165, 1.54) is 11.5 Å². The fraction of sp³-hybridized carbons (Fsp3) is 0.235. The minimum atomic E-state index is -0.582. The number of pyridine rings is 1. The third-order valence-corrected chi connectivity index (χ3v) is 3.56. The Hall–Kier alpha value is -3.29. The third kappa shape index (κ3) is 4.84. The summed E-state index contributed by atoms with van der Waals surface area (Å²) in [5.74, 6) is -0.453. The van der Waals surface area contributed by atoms with Crippen LogP contribution < -0.4 is 10.9 Å². The van der Waals surface area contributed by atoms with Gasteiger partial charge in [0, 0.05) is 30.7 Å². The lowest BCUT2D eigenvalue weighted by atomic mass is 10.1. The van der Waals surface area contributed by atoms with Crippen LogP contribution in [-0.2, 0) is 11.3 Å². The fourth-order valence-electron chi connectivity index (χ4n) is 2.32. The van der Waals surface area contributed by atoms with Crippen molar-refractivity contribution in [2.24, 2.45) is 0 Å². The van der Waals surface area contributed by atoms with E-state index in [4.69, 9.17) is 0 Å². The molecule has 1 aromatic carbocycles. The number of carbonyl (C=O) groups is 2. The van der Waals surface area contributed by atoms with E-state index in [0.29, 0.717) is 17.7 Å². The highest BCUT2D eigenvalue weighted by molar-refractivity contribution is 6.03. The highest BCUT2D eigenvalue weighted by Crippen LogP contribution is 2.16. The topological polar surface area (TPSA) is 111 Å². The van der Waals surface area contributed by atoms with Gasteiger partial charge in [-0.25, -0.2) is 0 Å². The maximum absolute atomic E-state index is 12.0. The average molecular weight is 343 g/mol. The molecule has 130 valence electrons. The molecule has 8 heteroatoms. The lowest BCUT2D eigenvalue weighted by molar-refractivity contribution is -0.385. The summed E-state index contributed by atoms with van der Waals surface area (Å²) in [5, 5.41) is 13.4. The molecule has 0 spiro atoms. The summed E-state index contributed by atoms with van der Waals surface area (Å²) in [7, 11) is 0. The summed E-state index contributed by atoms with van der Waals surface area (Å²) >= 11 is 0. The SMILES string of the molecule is CC(=O)c1ccccc1NC(=O)CCCn1cc([N+](=O)[O-])ccc1=O. The Labute approximate surface area is 143 Å². The number of hydrogen-bond acceptors (Lipinski definition) is 5. The van der Waals surface area contributed by atoms with Gasteiger partial charge in [0.1, 0.15) is 0 Å². The van der Waals surface area contributed by atoms with Crippen molar-refractivity contribution in [3.05, 3.63) is 68.6 Å². The maximum Gasteiger partial charge on any atom is 0.285 e. The Balaban J connectivity index is 1.96. The number of para-hydroxylation sites is 1. The molecule has 1 aromatic heterocycles. The van der Waals surface area contributed by atoms with Crippen LogP contribution in [0, 0.1) is 10.1 Å². The summed E-state index contributed by atoms with van der Waals surface area (Å²) in [4.78, 5) is 45.4. The second kappa shape index (κ2) is 8.00. The molecule has 2 rings (SSSR count). The molecule has 0 aliphatic rings. The number of Topliss-reactive ketones (excluding diaryl/α,β-unsaturated/α-hetero) is 1. The molecule has 0 bridgehead atoms. The number of carbonyl (C=O) groups excluding carboxylic acids is 2. The van der Waals surface area contributed by atoms with E-state index in [-0.39, 0.29) is 35.9 Å². The van der Waals surface area contributed by atoms with Crippen LogP contribution in [0.4, 0.5) is 11.4 Å². The molecule has 0 unspecified atom stereocenters. The van der Waals surface area contributed by atoms with Crippen molar-refractivity contribution in [3.63, 3.8) is 0 Å². The summed E-state index contributed by atoms with van der Waals surface area (Å²) in [5.41, 5.74) is 0.311. The Morgan fingerprint density at radius 2 is 1.92 bits per heavy atom. The number of anilines is 1. The van der Waals surface area contributed by atoms with Crippen LogP contribution in [0.1, 0.15) is 30.1 Å². The predicted octanol–water partition coefficient (Wildman–Crippen LogP) is 2.38. The fourth-order valence-corrected chi connectivity index (χ4v) is 2.32. The second-order valence-corrected chi connectivity index (χ2v) is 5.43. The molecule has 1 N–H and O–H groups in total. The van der Waals surface area contributed by atoms with Crippen LogP contribution in [0.15, 0.2) is 47.4 Å². The Morgan fingerprint density at radius 3 is 2.60 bits per heavy atom. The minimum Gasteiger partial charge on any atom is -0.325 e. The minimum absolute atomic E-state index is 0.112. The van der Waals surface area contributed by atoms with Gasteiger partial charge in [-0.1, -0.05) is 12.1 Å². The zero-order valence-electron chi connectivity index (χ0n) is 13.6. The highest BCUT2D eigenvalue weighted by atomic mass is 16.6. The van der Waals surface area contributed by atoms with Gasteiger partial charge in [-0.05, 0) is 25.5 Å². The quantitative estimate of drug-likeness (QED) is 0.471. The molecule has 0 saturated heterocycles. The highest BCUT2D eigenvalue weighted by Gasteiger charge is 2.11. The molecule has 2 aromatic rings. The van der Waals surface area contributed by atoms with Crippen molar-refractivity contribution in [1.29, 1.82) is 0 Å². The van der Waals surface area contributed by atoms with Gasteiger partial charge < -0.3 is 9.88 Å². The summed E-state index contributed by atoms with van der Waals surface area (Å²) in [6.07, 6.45) is 1.60. The smallest absolute Gasteiger partial charge is 0.285 e. The number of nitro groups is 1. The predicted molar refractivity (Wildman–Crippen MR) is 91.7 cm³/mol. The van der Waals surface area contributed by atoms with Crippen molar-refractivity contribution in [3.8, 4) is 0 Å². The number of aryl methyl sites for hydroxylation is 1. The zero-order chi connectivity index (χ0) is 18.4. The van der Waals surface area contributed by atoms with Crippen LogP contribution in [0.25, 0.3) is 0 Å². The van der Waals surface area contributed by atoms with Gasteiger partial charge in [0.2, 0.25) is 5.91 Å². The summed E-state index contributed by atoms with van der Waals surface area (Å²) in [6.45, 7) is 1.60. The van der Waals surface area contributed by atoms with Crippen LogP contribution in [0.3, 0.4) is 0 Å². The van der Waals surface area contributed by atoms with E-state index in [9.17, 15) is 24.5 Å². The monoisotopic (exact) mass is 343 g/mol. The van der Waals surface area contributed by atoms with Crippen LogP contribution in [0.2, 0.25) is 0 Å². The normalized spacial score (nSPS) is 10.3. The molecular formula is C17H17N3O5. The summed E-state index contributed by atoms with van der Waals surface area (Å²) in [6, 6.07) is 8.96. The van der Waals surface area contributed by atoms with Gasteiger partial charge in [-0.3, -0.25) is 24.5 Å². The molecule has 0 fully saturated rings. The Bertz CT molecular complexity index is 873. The molecule has 0 aliphatic carbocycles. The van der Waals surface area contributed by atoms with E-state index in [1.54, 1.807) is 24.3 Å². The van der Waals surface area contributed by atoms with E-state index in [1.807, 2.05) is 0 Å². The first kappa shape index (κ1) is 18.1. The Kier molecular flexibility index (Phi) is 5.78. The zero-order valence-corrected chi connectivity index (χ0v) is 13.6. The maximum atomic E-state index is 12.0. The standard InChI is InChI=1S/C17H17N3O5/c1-12(21)14-5-2-3-6-15(14)18-16(22)7-4-10-19-11-13(20(24)25)8-9-17(19)23/h2-3,5-6,8-9,11H,4,7,10H2,1H3,(H,18,22). The van der Waals surface area contributed by atoms with E-state index in [2.05, 4.69) is 5.32 Å². The van der Waals surface area contributed by atoms with E-state index >= 15 is 0 Å². The van der Waals surface area contributed by atoms with Crippen LogP contribution in [-0.4, -0.2) is 21.2 Å². The molecule has 25 heavy (non-hydrogen) atoms. The largest absolute Gasteiger partial charge is 0.325 e. The van der Waals surface area contributed by atoms with Crippen molar-refractivity contribution in [1.82, 2.24) is 4.57 Å². The number of rotatable bonds is 7. The molecule has 8 nitrogen and oxygen atoms in total. The molecule has 0 atom stereocenters. The second-order valence-electron chi connectivity index (χ2n) is 5.43. The lowest BCUT2D eigenvalue weighted by Gasteiger charge is -2.09. The van der Waals surface area contributed by atoms with Gasteiger partial charge in [-0.2, -0.15) is 0 Å². The summed E-state index contributed by atoms with van der Waals surface area (Å²) < 4.78 is 1.20. The number of amides is 1. The first-order chi connectivity index (χ1) is 11.9. The number of nitrogens with one attached hydrogen (secondary N) is 1. The van der Waals surface area contributed by atoms with Crippen LogP contribution >= 0.6 is 0 Å². The lowest BCUT2D eigenvalue weighted by Crippen LogP contribution is -2.20. The molecule has 1 amide bonds. The Morgan fingerprint density at radius 1 is 1.20 bits per heavy atom. The number of aromatic nitrogens is 1. The van der Waals surface area contributed by atoms with Gasteiger partial charge in [0.05, 0.1) is 16.8 Å². The van der Waals surface area contributed by atoms with Crippen molar-refractivity contribution < 1.29 is 14.5 Å². The number of hydrogen-bond donors (Lipinski definition) is 1. The molecular weight excluding hydrogens is 326 g/mol. The number of benzene rings is 1. The number of nitrogens with zero attached hydrogens (tertiary/aromatic N) is 2. The number of ketones is 1. The van der Waals surface area contributed by atoms with Crippen molar-refractivity contribution in [2.45, 2.75) is 26.3 Å². The first-order valence-electron chi connectivity index (χ1n) is 7.63. The van der Waals surface area contributed by atoms with Gasteiger partial charge in [0.25, 0.3) is 11.2 Å². The van der Waals surface area contributed by atoms with Gasteiger partial charge in [-0.15, -0.1) is 0 Å². The van der Waals surface area contributed by atoms with Gasteiger partial charge in [0.15, 0.2) is 5.78 Å². The molecule has 0 radical (unpaired) electrons. The average Bonchev–Trinajstić information content (AvgIpc) is 2.56.